The van der Waals surface area contributed by atoms with Crippen molar-refractivity contribution < 1.29 is 18.0 Å². The van der Waals surface area contributed by atoms with Gasteiger partial charge >= 0.3 is 0 Å². The molecular formula is C23H29Cl2N3O4S. The third kappa shape index (κ3) is 7.62. The molecule has 0 spiro atoms. The molecular weight excluding hydrogens is 485 g/mol. The highest BCUT2D eigenvalue weighted by Gasteiger charge is 2.30. The molecule has 10 heteroatoms. The van der Waals surface area contributed by atoms with Crippen LogP contribution in [0.1, 0.15) is 31.9 Å². The molecule has 0 heterocycles. The van der Waals surface area contributed by atoms with Crippen LogP contribution in [0.2, 0.25) is 10.0 Å². The molecule has 0 aromatic heterocycles. The van der Waals surface area contributed by atoms with Crippen LogP contribution in [0, 0.1) is 6.92 Å². The predicted molar refractivity (Wildman–Crippen MR) is 133 cm³/mol. The van der Waals surface area contributed by atoms with E-state index in [4.69, 9.17) is 23.2 Å². The summed E-state index contributed by atoms with van der Waals surface area (Å²) >= 11 is 12.2. The first kappa shape index (κ1) is 27.0. The molecule has 0 aliphatic rings. The van der Waals surface area contributed by atoms with Gasteiger partial charge in [-0.15, -0.1) is 0 Å². The van der Waals surface area contributed by atoms with Crippen molar-refractivity contribution in [3.05, 3.63) is 63.6 Å². The van der Waals surface area contributed by atoms with Gasteiger partial charge in [-0.3, -0.25) is 13.9 Å². The highest BCUT2D eigenvalue weighted by molar-refractivity contribution is 7.92. The third-order valence-electron chi connectivity index (χ3n) is 4.96. The van der Waals surface area contributed by atoms with E-state index in [1.165, 1.54) is 11.0 Å². The first-order valence-electron chi connectivity index (χ1n) is 10.4. The van der Waals surface area contributed by atoms with Crippen LogP contribution in [0.25, 0.3) is 0 Å². The average Bonchev–Trinajstić information content (AvgIpc) is 2.70. The Bertz CT molecular complexity index is 1120. The van der Waals surface area contributed by atoms with Crippen molar-refractivity contribution >= 4 is 50.7 Å². The number of benzene rings is 2. The molecule has 7 nitrogen and oxygen atoms in total. The maximum atomic E-state index is 13.5. The molecule has 2 aromatic rings. The van der Waals surface area contributed by atoms with Crippen LogP contribution in [-0.2, 0) is 26.2 Å². The molecule has 0 aliphatic heterocycles. The Labute approximate surface area is 205 Å². The van der Waals surface area contributed by atoms with Crippen LogP contribution in [0.5, 0.6) is 0 Å². The van der Waals surface area contributed by atoms with Crippen LogP contribution in [0.15, 0.2) is 42.5 Å². The summed E-state index contributed by atoms with van der Waals surface area (Å²) in [6, 6.07) is 10.8. The molecule has 33 heavy (non-hydrogen) atoms. The summed E-state index contributed by atoms with van der Waals surface area (Å²) < 4.78 is 26.3. The Morgan fingerprint density at radius 2 is 1.67 bits per heavy atom. The van der Waals surface area contributed by atoms with Gasteiger partial charge < -0.3 is 10.2 Å². The van der Waals surface area contributed by atoms with Crippen molar-refractivity contribution in [2.75, 3.05) is 17.1 Å². The summed E-state index contributed by atoms with van der Waals surface area (Å²) in [6.07, 6.45) is 1.02. The van der Waals surface area contributed by atoms with E-state index in [2.05, 4.69) is 5.32 Å². The van der Waals surface area contributed by atoms with Gasteiger partial charge in [-0.25, -0.2) is 8.42 Å². The summed E-state index contributed by atoms with van der Waals surface area (Å²) in [6.45, 7) is 6.58. The topological polar surface area (TPSA) is 86.8 Å². The largest absolute Gasteiger partial charge is 0.352 e. The second-order valence-corrected chi connectivity index (χ2v) is 11.0. The van der Waals surface area contributed by atoms with E-state index in [1.54, 1.807) is 50.2 Å². The number of hydrogen-bond donors (Lipinski definition) is 1. The van der Waals surface area contributed by atoms with Crippen LogP contribution in [-0.4, -0.2) is 50.0 Å². The second-order valence-electron chi connectivity index (χ2n) is 8.19. The first-order valence-corrected chi connectivity index (χ1v) is 13.0. The Hall–Kier alpha value is -2.29. The molecule has 2 aromatic carbocycles. The third-order valence-corrected chi connectivity index (χ3v) is 6.56. The lowest BCUT2D eigenvalue weighted by Crippen LogP contribution is -2.52. The van der Waals surface area contributed by atoms with E-state index >= 15 is 0 Å². The number of hydrogen-bond acceptors (Lipinski definition) is 4. The number of carbonyl (C=O) groups is 2. The lowest BCUT2D eigenvalue weighted by atomic mass is 10.1. The summed E-state index contributed by atoms with van der Waals surface area (Å²) in [4.78, 5) is 27.5. The monoisotopic (exact) mass is 513 g/mol. The van der Waals surface area contributed by atoms with Gasteiger partial charge in [0.2, 0.25) is 21.8 Å². The van der Waals surface area contributed by atoms with Gasteiger partial charge in [0.05, 0.1) is 11.9 Å². The molecule has 1 N–H and O–H groups in total. The standard InChI is InChI=1S/C23H29Cl2N3O4S/c1-15(2)26-23(30)17(4)27(13-18-7-6-8-19(24)11-18)22(29)14-28(33(5,31)32)21-12-20(25)10-9-16(21)3/h6-12,15,17H,13-14H2,1-5H3,(H,26,30)/t17-/m0/s1. The minimum Gasteiger partial charge on any atom is -0.352 e. The Kier molecular flexibility index (Phi) is 9.17. The minimum absolute atomic E-state index is 0.0816. The van der Waals surface area contributed by atoms with Crippen LogP contribution >= 0.6 is 23.2 Å². The van der Waals surface area contributed by atoms with Crippen molar-refractivity contribution in [1.29, 1.82) is 0 Å². The number of nitrogens with zero attached hydrogens (tertiary/aromatic N) is 2. The molecule has 0 saturated heterocycles. The van der Waals surface area contributed by atoms with Gasteiger partial charge in [0, 0.05) is 22.6 Å². The fraction of sp³-hybridized carbons (Fsp3) is 0.391. The van der Waals surface area contributed by atoms with Crippen molar-refractivity contribution in [2.24, 2.45) is 0 Å². The van der Waals surface area contributed by atoms with Gasteiger partial charge in [-0.05, 0) is 63.1 Å². The van der Waals surface area contributed by atoms with Gasteiger partial charge in [0.25, 0.3) is 0 Å². The van der Waals surface area contributed by atoms with E-state index in [-0.39, 0.29) is 18.5 Å². The maximum absolute atomic E-state index is 13.5. The fourth-order valence-electron chi connectivity index (χ4n) is 3.27. The Morgan fingerprint density at radius 3 is 2.24 bits per heavy atom. The number of rotatable bonds is 9. The molecule has 0 saturated carbocycles. The lowest BCUT2D eigenvalue weighted by molar-refractivity contribution is -0.139. The van der Waals surface area contributed by atoms with Gasteiger partial charge in [-0.2, -0.15) is 0 Å². The zero-order valence-corrected chi connectivity index (χ0v) is 21.6. The van der Waals surface area contributed by atoms with Crippen molar-refractivity contribution in [3.8, 4) is 0 Å². The van der Waals surface area contributed by atoms with Crippen molar-refractivity contribution in [3.63, 3.8) is 0 Å². The van der Waals surface area contributed by atoms with E-state index in [1.807, 2.05) is 13.8 Å². The second kappa shape index (κ2) is 11.2. The Balaban J connectivity index is 2.44. The van der Waals surface area contributed by atoms with Gasteiger partial charge in [-0.1, -0.05) is 41.4 Å². The number of halogens is 2. The number of amides is 2. The maximum Gasteiger partial charge on any atom is 0.244 e. The number of aryl methyl sites for hydroxylation is 1. The van der Waals surface area contributed by atoms with Gasteiger partial charge in [0.1, 0.15) is 12.6 Å². The molecule has 0 radical (unpaired) electrons. The van der Waals surface area contributed by atoms with Gasteiger partial charge in [0.15, 0.2) is 0 Å². The summed E-state index contributed by atoms with van der Waals surface area (Å²) in [5.41, 5.74) is 1.66. The number of nitrogens with one attached hydrogen (secondary N) is 1. The summed E-state index contributed by atoms with van der Waals surface area (Å²) in [7, 11) is -3.82. The van der Waals surface area contributed by atoms with E-state index in [0.29, 0.717) is 26.9 Å². The first-order chi connectivity index (χ1) is 15.3. The average molecular weight is 514 g/mol. The Morgan fingerprint density at radius 1 is 1.03 bits per heavy atom. The van der Waals surface area contributed by atoms with Crippen LogP contribution in [0.3, 0.4) is 0 Å². The molecule has 0 aliphatic carbocycles. The molecule has 2 rings (SSSR count). The van der Waals surface area contributed by atoms with E-state index in [0.717, 1.165) is 10.6 Å². The zero-order valence-electron chi connectivity index (χ0n) is 19.3. The SMILES string of the molecule is Cc1ccc(Cl)cc1N(CC(=O)N(Cc1cccc(Cl)c1)[C@@H](C)C(=O)NC(C)C)S(C)(=O)=O. The summed E-state index contributed by atoms with van der Waals surface area (Å²) in [5.74, 6) is -0.878. The molecule has 0 unspecified atom stereocenters. The molecule has 0 bridgehead atoms. The van der Waals surface area contributed by atoms with Crippen LogP contribution < -0.4 is 9.62 Å². The lowest BCUT2D eigenvalue weighted by Gasteiger charge is -2.32. The molecule has 1 atom stereocenters. The number of anilines is 1. The predicted octanol–water partition coefficient (Wildman–Crippen LogP) is 4.01. The quantitative estimate of drug-likeness (QED) is 0.548. The number of carbonyl (C=O) groups excluding carboxylic acids is 2. The number of sulfonamides is 1. The minimum atomic E-state index is -3.82. The fourth-order valence-corrected chi connectivity index (χ4v) is 4.54. The van der Waals surface area contributed by atoms with E-state index in [9.17, 15) is 18.0 Å². The van der Waals surface area contributed by atoms with Crippen molar-refractivity contribution in [2.45, 2.75) is 46.3 Å². The van der Waals surface area contributed by atoms with Crippen LogP contribution in [0.4, 0.5) is 5.69 Å². The smallest absolute Gasteiger partial charge is 0.244 e. The molecule has 0 fully saturated rings. The molecule has 180 valence electrons. The van der Waals surface area contributed by atoms with Crippen molar-refractivity contribution in [1.82, 2.24) is 10.2 Å². The highest BCUT2D eigenvalue weighted by atomic mass is 35.5. The highest BCUT2D eigenvalue weighted by Crippen LogP contribution is 2.27. The van der Waals surface area contributed by atoms with E-state index < -0.39 is 28.5 Å². The zero-order chi connectivity index (χ0) is 24.9. The normalized spacial score (nSPS) is 12.4. The molecule has 2 amide bonds. The summed E-state index contributed by atoms with van der Waals surface area (Å²) in [5, 5.41) is 3.64.